The first-order chi connectivity index (χ1) is 8.08. The van der Waals surface area contributed by atoms with Gasteiger partial charge in [0.25, 0.3) is 0 Å². The topological polar surface area (TPSA) is 53.1 Å². The molecule has 2 aromatic rings. The van der Waals surface area contributed by atoms with Crippen LogP contribution >= 0.6 is 0 Å². The highest BCUT2D eigenvalue weighted by Gasteiger charge is 2.15. The predicted molar refractivity (Wildman–Crippen MR) is 67.0 cm³/mol. The fourth-order valence-electron chi connectivity index (χ4n) is 1.70. The Labute approximate surface area is 100 Å². The first kappa shape index (κ1) is 11.5. The van der Waals surface area contributed by atoms with E-state index in [9.17, 15) is 4.79 Å². The van der Waals surface area contributed by atoms with E-state index in [1.807, 2.05) is 43.3 Å². The second-order valence-electron chi connectivity index (χ2n) is 4.25. The molecule has 2 N–H and O–H groups in total. The molecule has 1 aromatic heterocycles. The number of aromatic amines is 1. The van der Waals surface area contributed by atoms with Crippen molar-refractivity contribution in [3.8, 4) is 11.3 Å². The van der Waals surface area contributed by atoms with Crippen LogP contribution in [0, 0.1) is 6.92 Å². The first-order valence-corrected chi connectivity index (χ1v) is 5.56. The van der Waals surface area contributed by atoms with Gasteiger partial charge in [0.1, 0.15) is 0 Å². The second-order valence-corrected chi connectivity index (χ2v) is 4.25. The molecule has 3 nitrogen and oxygen atoms in total. The van der Waals surface area contributed by atoms with Crippen LogP contribution < -0.4 is 0 Å². The Morgan fingerprint density at radius 1 is 1.18 bits per heavy atom. The normalized spacial score (nSPS) is 12.4. The number of hydrogen-bond acceptors (Lipinski definition) is 1. The molecule has 1 aromatic carbocycles. The van der Waals surface area contributed by atoms with Crippen molar-refractivity contribution in [1.29, 1.82) is 0 Å². The third-order valence-corrected chi connectivity index (χ3v) is 2.91. The van der Waals surface area contributed by atoms with E-state index >= 15 is 0 Å². The third-order valence-electron chi connectivity index (χ3n) is 2.91. The lowest BCUT2D eigenvalue weighted by Gasteiger charge is -2.03. The van der Waals surface area contributed by atoms with Gasteiger partial charge in [0.2, 0.25) is 0 Å². The van der Waals surface area contributed by atoms with Gasteiger partial charge in [-0.3, -0.25) is 4.79 Å². The molecule has 0 bridgehead atoms. The Morgan fingerprint density at radius 3 is 2.41 bits per heavy atom. The number of hydrogen-bond donors (Lipinski definition) is 2. The number of carbonyl (C=O) groups is 1. The number of nitrogens with one attached hydrogen (secondary N) is 1. The molecule has 0 fully saturated rings. The SMILES string of the molecule is Cc1ccc(-c2ccc(C(C)C(=O)O)[nH]2)cc1. The van der Waals surface area contributed by atoms with Crippen molar-refractivity contribution in [1.82, 2.24) is 4.98 Å². The highest BCUT2D eigenvalue weighted by atomic mass is 16.4. The van der Waals surface area contributed by atoms with Gasteiger partial charge in [-0.15, -0.1) is 0 Å². The molecule has 0 saturated heterocycles. The van der Waals surface area contributed by atoms with E-state index in [1.54, 1.807) is 6.92 Å². The van der Waals surface area contributed by atoms with Crippen LogP contribution in [0.1, 0.15) is 24.1 Å². The van der Waals surface area contributed by atoms with Crippen LogP contribution in [0.5, 0.6) is 0 Å². The van der Waals surface area contributed by atoms with Crippen LogP contribution in [0.25, 0.3) is 11.3 Å². The number of benzene rings is 1. The van der Waals surface area contributed by atoms with Crippen LogP contribution in [0.3, 0.4) is 0 Å². The van der Waals surface area contributed by atoms with E-state index in [0.717, 1.165) is 17.0 Å². The summed E-state index contributed by atoms with van der Waals surface area (Å²) in [6, 6.07) is 11.9. The van der Waals surface area contributed by atoms with E-state index in [4.69, 9.17) is 5.11 Å². The summed E-state index contributed by atoms with van der Waals surface area (Å²) in [5.41, 5.74) is 3.96. The summed E-state index contributed by atoms with van der Waals surface area (Å²) >= 11 is 0. The summed E-state index contributed by atoms with van der Waals surface area (Å²) < 4.78 is 0. The minimum atomic E-state index is -0.817. The van der Waals surface area contributed by atoms with Crippen molar-refractivity contribution in [2.45, 2.75) is 19.8 Å². The van der Waals surface area contributed by atoms with Crippen LogP contribution in [-0.4, -0.2) is 16.1 Å². The van der Waals surface area contributed by atoms with Gasteiger partial charge in [0.05, 0.1) is 5.92 Å². The highest BCUT2D eigenvalue weighted by molar-refractivity contribution is 5.75. The maximum Gasteiger partial charge on any atom is 0.312 e. The smallest absolute Gasteiger partial charge is 0.312 e. The molecule has 2 rings (SSSR count). The number of carboxylic acids is 1. The van der Waals surface area contributed by atoms with Crippen LogP contribution in [0.15, 0.2) is 36.4 Å². The quantitative estimate of drug-likeness (QED) is 0.849. The zero-order chi connectivity index (χ0) is 12.4. The first-order valence-electron chi connectivity index (χ1n) is 5.56. The molecule has 3 heteroatoms. The van der Waals surface area contributed by atoms with Crippen molar-refractivity contribution in [3.05, 3.63) is 47.7 Å². The minimum absolute atomic E-state index is 0.505. The van der Waals surface area contributed by atoms with Crippen LogP contribution in [0.2, 0.25) is 0 Å². The minimum Gasteiger partial charge on any atom is -0.481 e. The average Bonchev–Trinajstić information content (AvgIpc) is 2.78. The Morgan fingerprint density at radius 2 is 1.82 bits per heavy atom. The molecule has 0 aliphatic heterocycles. The summed E-state index contributed by atoms with van der Waals surface area (Å²) in [4.78, 5) is 14.0. The van der Waals surface area contributed by atoms with Crippen molar-refractivity contribution >= 4 is 5.97 Å². The number of aliphatic carboxylic acids is 1. The molecule has 1 unspecified atom stereocenters. The summed E-state index contributed by atoms with van der Waals surface area (Å²) in [6.45, 7) is 3.71. The summed E-state index contributed by atoms with van der Waals surface area (Å²) in [5, 5.41) is 8.93. The largest absolute Gasteiger partial charge is 0.481 e. The van der Waals surface area contributed by atoms with Crippen LogP contribution in [-0.2, 0) is 4.79 Å². The van der Waals surface area contributed by atoms with Gasteiger partial charge in [-0.2, -0.15) is 0 Å². The van der Waals surface area contributed by atoms with Gasteiger partial charge >= 0.3 is 5.97 Å². The maximum atomic E-state index is 10.9. The average molecular weight is 229 g/mol. The predicted octanol–water partition coefficient (Wildman–Crippen LogP) is 3.18. The Bertz CT molecular complexity index is 525. The standard InChI is InChI=1S/C14H15NO2/c1-9-3-5-11(6-4-9)13-8-7-12(15-13)10(2)14(16)17/h3-8,10,15H,1-2H3,(H,16,17). The van der Waals surface area contributed by atoms with E-state index < -0.39 is 11.9 Å². The van der Waals surface area contributed by atoms with E-state index in [0.29, 0.717) is 0 Å². The maximum absolute atomic E-state index is 10.9. The number of H-pyrrole nitrogens is 1. The van der Waals surface area contributed by atoms with Gasteiger partial charge in [-0.1, -0.05) is 29.8 Å². The van der Waals surface area contributed by atoms with E-state index in [-0.39, 0.29) is 0 Å². The Hall–Kier alpha value is -2.03. The number of carboxylic acid groups (broad SMARTS) is 1. The molecule has 1 atom stereocenters. The van der Waals surface area contributed by atoms with Gasteiger partial charge in [0.15, 0.2) is 0 Å². The Balaban J connectivity index is 2.29. The molecule has 0 amide bonds. The van der Waals surface area contributed by atoms with Crippen molar-refractivity contribution in [3.63, 3.8) is 0 Å². The lowest BCUT2D eigenvalue weighted by Crippen LogP contribution is -2.07. The number of rotatable bonds is 3. The lowest BCUT2D eigenvalue weighted by molar-refractivity contribution is -0.138. The summed E-state index contributed by atoms with van der Waals surface area (Å²) in [5.74, 6) is -1.32. The number of aromatic nitrogens is 1. The van der Waals surface area contributed by atoms with E-state index in [1.165, 1.54) is 5.56 Å². The van der Waals surface area contributed by atoms with Gasteiger partial charge in [-0.05, 0) is 31.5 Å². The van der Waals surface area contributed by atoms with Crippen molar-refractivity contribution in [2.24, 2.45) is 0 Å². The molecule has 88 valence electrons. The molecular weight excluding hydrogens is 214 g/mol. The van der Waals surface area contributed by atoms with Gasteiger partial charge in [0, 0.05) is 11.4 Å². The number of aryl methyl sites for hydroxylation is 1. The Kier molecular flexibility index (Phi) is 3.00. The third kappa shape index (κ3) is 2.38. The van der Waals surface area contributed by atoms with Crippen LogP contribution in [0.4, 0.5) is 0 Å². The highest BCUT2D eigenvalue weighted by Crippen LogP contribution is 2.22. The second kappa shape index (κ2) is 4.45. The molecule has 0 aliphatic rings. The molecule has 1 heterocycles. The fourth-order valence-corrected chi connectivity index (χ4v) is 1.70. The van der Waals surface area contributed by atoms with Crippen molar-refractivity contribution < 1.29 is 9.90 Å². The van der Waals surface area contributed by atoms with Gasteiger partial charge in [-0.25, -0.2) is 0 Å². The molecule has 0 aliphatic carbocycles. The van der Waals surface area contributed by atoms with E-state index in [2.05, 4.69) is 4.98 Å². The lowest BCUT2D eigenvalue weighted by atomic mass is 10.1. The zero-order valence-corrected chi connectivity index (χ0v) is 9.90. The molecule has 0 spiro atoms. The fraction of sp³-hybridized carbons (Fsp3) is 0.214. The summed E-state index contributed by atoms with van der Waals surface area (Å²) in [6.07, 6.45) is 0. The molecule has 17 heavy (non-hydrogen) atoms. The summed E-state index contributed by atoms with van der Waals surface area (Å²) in [7, 11) is 0. The zero-order valence-electron chi connectivity index (χ0n) is 9.90. The van der Waals surface area contributed by atoms with Crippen molar-refractivity contribution in [2.75, 3.05) is 0 Å². The molecular formula is C14H15NO2. The molecule has 0 saturated carbocycles. The van der Waals surface area contributed by atoms with Gasteiger partial charge < -0.3 is 10.1 Å². The monoisotopic (exact) mass is 229 g/mol. The molecule has 0 radical (unpaired) electrons.